The first-order valence-corrected chi connectivity index (χ1v) is 7.52. The maximum absolute atomic E-state index is 12.8. The summed E-state index contributed by atoms with van der Waals surface area (Å²) in [6.07, 6.45) is -3.71. The molecular weight excluding hydrogens is 307 g/mol. The Balaban J connectivity index is 3.06. The highest BCUT2D eigenvalue weighted by molar-refractivity contribution is 7.89. The van der Waals surface area contributed by atoms with Crippen LogP contribution in [0.4, 0.5) is 13.2 Å². The number of halogens is 3. The van der Waals surface area contributed by atoms with Crippen LogP contribution in [0.5, 0.6) is 0 Å². The summed E-state index contributed by atoms with van der Waals surface area (Å²) in [5, 5.41) is 8.65. The second-order valence-electron chi connectivity index (χ2n) is 4.21. The van der Waals surface area contributed by atoms with Gasteiger partial charge in [-0.15, -0.1) is 0 Å². The number of unbranched alkanes of at least 4 members (excludes halogenated alkanes) is 1. The van der Waals surface area contributed by atoms with E-state index in [4.69, 9.17) is 11.0 Å². The molecule has 0 amide bonds. The molecule has 0 fully saturated rings. The molecular formula is C12H14F3N3O2S. The van der Waals surface area contributed by atoms with Gasteiger partial charge in [0, 0.05) is 6.54 Å². The second kappa shape index (κ2) is 6.89. The van der Waals surface area contributed by atoms with Crippen LogP contribution in [-0.2, 0) is 16.2 Å². The average molecular weight is 321 g/mol. The van der Waals surface area contributed by atoms with Gasteiger partial charge in [-0.1, -0.05) is 0 Å². The molecule has 0 aliphatic carbocycles. The van der Waals surface area contributed by atoms with E-state index in [1.54, 1.807) is 0 Å². The molecule has 0 spiro atoms. The SMILES string of the molecule is N#Cc1ccc(S(=O)(=O)NCCCCN)cc1C(F)(F)F. The smallest absolute Gasteiger partial charge is 0.330 e. The number of alkyl halides is 3. The third-order valence-corrected chi connectivity index (χ3v) is 4.11. The molecule has 0 saturated carbocycles. The summed E-state index contributed by atoms with van der Waals surface area (Å²) in [5.41, 5.74) is 3.37. The van der Waals surface area contributed by atoms with Gasteiger partial charge in [0.2, 0.25) is 10.0 Å². The van der Waals surface area contributed by atoms with E-state index in [1.165, 1.54) is 6.07 Å². The number of nitrogens with one attached hydrogen (secondary N) is 1. The predicted molar refractivity (Wildman–Crippen MR) is 69.6 cm³/mol. The highest BCUT2D eigenvalue weighted by Crippen LogP contribution is 2.33. The first kappa shape index (κ1) is 17.4. The molecule has 0 unspecified atom stereocenters. The number of rotatable bonds is 6. The van der Waals surface area contributed by atoms with Crippen LogP contribution in [0.1, 0.15) is 24.0 Å². The quantitative estimate of drug-likeness (QED) is 0.778. The summed E-state index contributed by atoms with van der Waals surface area (Å²) in [6.45, 7) is 0.484. The molecule has 0 radical (unpaired) electrons. The molecule has 1 aromatic rings. The molecule has 0 heterocycles. The maximum Gasteiger partial charge on any atom is 0.417 e. The van der Waals surface area contributed by atoms with Gasteiger partial charge in [0.05, 0.1) is 22.1 Å². The fourth-order valence-electron chi connectivity index (χ4n) is 1.58. The molecule has 0 saturated heterocycles. The number of hydrogen-bond donors (Lipinski definition) is 2. The van der Waals surface area contributed by atoms with Gasteiger partial charge in [0.15, 0.2) is 0 Å². The molecule has 116 valence electrons. The number of nitrogens with zero attached hydrogens (tertiary/aromatic N) is 1. The summed E-state index contributed by atoms with van der Waals surface area (Å²) in [7, 11) is -4.05. The van der Waals surface area contributed by atoms with E-state index in [0.717, 1.165) is 12.1 Å². The Labute approximate surface area is 120 Å². The minimum absolute atomic E-state index is 0.0842. The zero-order valence-electron chi connectivity index (χ0n) is 10.9. The topological polar surface area (TPSA) is 96.0 Å². The van der Waals surface area contributed by atoms with Crippen molar-refractivity contribution in [3.8, 4) is 6.07 Å². The van der Waals surface area contributed by atoms with E-state index in [9.17, 15) is 21.6 Å². The normalized spacial score (nSPS) is 12.1. The predicted octanol–water partition coefficient (Wildman–Crippen LogP) is 1.59. The lowest BCUT2D eigenvalue weighted by Gasteiger charge is -2.11. The molecule has 1 aromatic carbocycles. The third kappa shape index (κ3) is 4.70. The van der Waals surface area contributed by atoms with Crippen molar-refractivity contribution in [1.29, 1.82) is 5.26 Å². The Morgan fingerprint density at radius 2 is 1.95 bits per heavy atom. The van der Waals surface area contributed by atoms with Gasteiger partial charge < -0.3 is 5.73 Å². The Hall–Kier alpha value is -1.63. The maximum atomic E-state index is 12.8. The third-order valence-electron chi connectivity index (χ3n) is 2.65. The summed E-state index contributed by atoms with van der Waals surface area (Å²) in [4.78, 5) is -0.526. The van der Waals surface area contributed by atoms with Crippen molar-refractivity contribution in [2.24, 2.45) is 5.73 Å². The molecule has 9 heteroatoms. The zero-order valence-corrected chi connectivity index (χ0v) is 11.8. The van der Waals surface area contributed by atoms with Crippen LogP contribution < -0.4 is 10.5 Å². The lowest BCUT2D eigenvalue weighted by Crippen LogP contribution is -2.25. The van der Waals surface area contributed by atoms with Gasteiger partial charge in [0.1, 0.15) is 0 Å². The highest BCUT2D eigenvalue weighted by Gasteiger charge is 2.34. The van der Waals surface area contributed by atoms with Crippen LogP contribution in [0.15, 0.2) is 23.1 Å². The van der Waals surface area contributed by atoms with E-state index in [0.29, 0.717) is 25.5 Å². The summed E-state index contributed by atoms with van der Waals surface area (Å²) >= 11 is 0. The van der Waals surface area contributed by atoms with E-state index in [2.05, 4.69) is 4.72 Å². The van der Waals surface area contributed by atoms with E-state index < -0.39 is 32.2 Å². The second-order valence-corrected chi connectivity index (χ2v) is 5.98. The number of hydrogen-bond acceptors (Lipinski definition) is 4. The van der Waals surface area contributed by atoms with Crippen LogP contribution in [-0.4, -0.2) is 21.5 Å². The number of nitrogens with two attached hydrogens (primary N) is 1. The number of benzene rings is 1. The Morgan fingerprint density at radius 3 is 2.48 bits per heavy atom. The Kier molecular flexibility index (Phi) is 5.71. The molecule has 0 aliphatic heterocycles. The van der Waals surface area contributed by atoms with Crippen LogP contribution in [0.3, 0.4) is 0 Å². The minimum Gasteiger partial charge on any atom is -0.330 e. The van der Waals surface area contributed by atoms with E-state index in [1.807, 2.05) is 0 Å². The van der Waals surface area contributed by atoms with Crippen LogP contribution >= 0.6 is 0 Å². The molecule has 1 rings (SSSR count). The van der Waals surface area contributed by atoms with Gasteiger partial charge >= 0.3 is 6.18 Å². The largest absolute Gasteiger partial charge is 0.417 e. The molecule has 0 aliphatic rings. The number of nitriles is 1. The zero-order chi connectivity index (χ0) is 16.1. The molecule has 5 nitrogen and oxygen atoms in total. The molecule has 21 heavy (non-hydrogen) atoms. The van der Waals surface area contributed by atoms with Crippen molar-refractivity contribution in [2.45, 2.75) is 23.9 Å². The van der Waals surface area contributed by atoms with Crippen molar-refractivity contribution in [2.75, 3.05) is 13.1 Å². The fourth-order valence-corrected chi connectivity index (χ4v) is 2.68. The van der Waals surface area contributed by atoms with Gasteiger partial charge in [0.25, 0.3) is 0 Å². The monoisotopic (exact) mass is 321 g/mol. The lowest BCUT2D eigenvalue weighted by molar-refractivity contribution is -0.137. The van der Waals surface area contributed by atoms with Gasteiger partial charge in [-0.3, -0.25) is 0 Å². The molecule has 0 aromatic heterocycles. The van der Waals surface area contributed by atoms with Gasteiger partial charge in [-0.2, -0.15) is 18.4 Å². The van der Waals surface area contributed by atoms with Crippen molar-refractivity contribution in [1.82, 2.24) is 4.72 Å². The minimum atomic E-state index is -4.80. The van der Waals surface area contributed by atoms with Crippen molar-refractivity contribution in [3.05, 3.63) is 29.3 Å². The first-order chi connectivity index (χ1) is 9.72. The standard InChI is InChI=1S/C12H14F3N3O2S/c13-12(14,15)11-7-10(4-3-9(11)8-17)21(19,20)18-6-2-1-5-16/h3-4,7,18H,1-2,5-6,16H2. The van der Waals surface area contributed by atoms with Crippen molar-refractivity contribution < 1.29 is 21.6 Å². The van der Waals surface area contributed by atoms with Crippen LogP contribution in [0, 0.1) is 11.3 Å². The summed E-state index contributed by atoms with van der Waals surface area (Å²) < 4.78 is 64.3. The lowest BCUT2D eigenvalue weighted by atomic mass is 10.1. The Morgan fingerprint density at radius 1 is 1.29 bits per heavy atom. The van der Waals surface area contributed by atoms with Crippen LogP contribution in [0.2, 0.25) is 0 Å². The molecule has 3 N–H and O–H groups in total. The van der Waals surface area contributed by atoms with Crippen molar-refractivity contribution >= 4 is 10.0 Å². The fraction of sp³-hybridized carbons (Fsp3) is 0.417. The summed E-state index contributed by atoms with van der Waals surface area (Å²) in [6, 6.07) is 3.67. The van der Waals surface area contributed by atoms with E-state index >= 15 is 0 Å². The van der Waals surface area contributed by atoms with Gasteiger partial charge in [-0.05, 0) is 37.6 Å². The van der Waals surface area contributed by atoms with Crippen molar-refractivity contribution in [3.63, 3.8) is 0 Å². The Bertz CT molecular complexity index is 636. The number of sulfonamides is 1. The van der Waals surface area contributed by atoms with Crippen LogP contribution in [0.25, 0.3) is 0 Å². The molecule has 0 bridgehead atoms. The van der Waals surface area contributed by atoms with Gasteiger partial charge in [-0.25, -0.2) is 13.1 Å². The molecule has 0 atom stereocenters. The summed E-state index contributed by atoms with van der Waals surface area (Å²) in [5.74, 6) is 0. The highest BCUT2D eigenvalue weighted by atomic mass is 32.2. The first-order valence-electron chi connectivity index (χ1n) is 6.03. The average Bonchev–Trinajstić information content (AvgIpc) is 2.42. The van der Waals surface area contributed by atoms with E-state index in [-0.39, 0.29) is 6.54 Å².